The lowest BCUT2D eigenvalue weighted by atomic mass is 10.2. The van der Waals surface area contributed by atoms with Crippen LogP contribution in [-0.2, 0) is 4.79 Å². The molecule has 0 spiro atoms. The molecule has 1 aromatic rings. The molecule has 0 fully saturated rings. The zero-order valence-electron chi connectivity index (χ0n) is 9.22. The van der Waals surface area contributed by atoms with Gasteiger partial charge in [-0.1, -0.05) is 35.2 Å². The standard InChI is InChI=1S/C12H11ClFNOS/c1-8(16)17-5-3-2-4-9-6-10(13)7-11(14)12(9)15/h6-7H,3,5,15H2,1H3. The molecule has 0 aliphatic carbocycles. The zero-order chi connectivity index (χ0) is 12.8. The normalized spacial score (nSPS) is 9.59. The number of anilines is 1. The van der Waals surface area contributed by atoms with E-state index in [1.165, 1.54) is 24.8 Å². The second-order valence-electron chi connectivity index (χ2n) is 3.24. The summed E-state index contributed by atoms with van der Waals surface area (Å²) in [7, 11) is 0. The SMILES string of the molecule is CC(=O)SCCC#Cc1cc(Cl)cc(F)c1N. The molecule has 0 heterocycles. The van der Waals surface area contributed by atoms with Gasteiger partial charge in [0.25, 0.3) is 0 Å². The van der Waals surface area contributed by atoms with Crippen LogP contribution in [0.2, 0.25) is 5.02 Å². The van der Waals surface area contributed by atoms with E-state index in [4.69, 9.17) is 17.3 Å². The fourth-order valence-corrected chi connectivity index (χ4v) is 1.79. The average molecular weight is 272 g/mol. The molecule has 0 aliphatic rings. The Morgan fingerprint density at radius 3 is 2.94 bits per heavy atom. The third kappa shape index (κ3) is 4.68. The first kappa shape index (κ1) is 13.9. The molecule has 0 saturated carbocycles. The number of thioether (sulfide) groups is 1. The molecule has 0 aromatic heterocycles. The van der Waals surface area contributed by atoms with Crippen molar-refractivity contribution in [1.29, 1.82) is 0 Å². The molecule has 0 bridgehead atoms. The molecule has 5 heteroatoms. The third-order valence-corrected chi connectivity index (χ3v) is 2.88. The van der Waals surface area contributed by atoms with Gasteiger partial charge in [-0.05, 0) is 12.1 Å². The Morgan fingerprint density at radius 2 is 2.29 bits per heavy atom. The first-order chi connectivity index (χ1) is 8.00. The van der Waals surface area contributed by atoms with Crippen LogP contribution in [-0.4, -0.2) is 10.9 Å². The Morgan fingerprint density at radius 1 is 1.59 bits per heavy atom. The maximum Gasteiger partial charge on any atom is 0.185 e. The quantitative estimate of drug-likeness (QED) is 0.511. The minimum absolute atomic E-state index is 0.00104. The van der Waals surface area contributed by atoms with Crippen LogP contribution in [0.4, 0.5) is 10.1 Å². The van der Waals surface area contributed by atoms with Crippen molar-refractivity contribution in [2.24, 2.45) is 0 Å². The van der Waals surface area contributed by atoms with Gasteiger partial charge in [0.1, 0.15) is 5.82 Å². The largest absolute Gasteiger partial charge is 0.395 e. The number of carbonyl (C=O) groups is 1. The number of nitrogens with two attached hydrogens (primary N) is 1. The number of halogens is 2. The molecular formula is C12H11ClFNOS. The van der Waals surface area contributed by atoms with Crippen LogP contribution < -0.4 is 5.73 Å². The van der Waals surface area contributed by atoms with Crippen LogP contribution in [0.25, 0.3) is 0 Å². The molecule has 90 valence electrons. The van der Waals surface area contributed by atoms with Crippen LogP contribution in [0.15, 0.2) is 12.1 Å². The second-order valence-corrected chi connectivity index (χ2v) is 4.95. The Bertz CT molecular complexity index is 493. The highest BCUT2D eigenvalue weighted by Gasteiger charge is 2.04. The van der Waals surface area contributed by atoms with Crippen LogP contribution in [0.3, 0.4) is 0 Å². The molecule has 0 atom stereocenters. The van der Waals surface area contributed by atoms with Crippen molar-refractivity contribution in [3.05, 3.63) is 28.5 Å². The predicted octanol–water partition coefficient (Wildman–Crippen LogP) is 3.08. The fraction of sp³-hybridized carbons (Fsp3) is 0.250. The van der Waals surface area contributed by atoms with E-state index in [1.54, 1.807) is 0 Å². The number of nitrogen functional groups attached to an aromatic ring is 1. The van der Waals surface area contributed by atoms with E-state index in [0.29, 0.717) is 17.7 Å². The van der Waals surface area contributed by atoms with Gasteiger partial charge in [0.15, 0.2) is 5.12 Å². The molecule has 2 N–H and O–H groups in total. The van der Waals surface area contributed by atoms with Gasteiger partial charge in [-0.3, -0.25) is 4.79 Å². The van der Waals surface area contributed by atoms with Crippen molar-refractivity contribution in [3.8, 4) is 11.8 Å². The summed E-state index contributed by atoms with van der Waals surface area (Å²) in [5, 5.41) is 0.319. The molecule has 0 amide bonds. The van der Waals surface area contributed by atoms with E-state index in [-0.39, 0.29) is 15.8 Å². The van der Waals surface area contributed by atoms with E-state index >= 15 is 0 Å². The lowest BCUT2D eigenvalue weighted by Crippen LogP contribution is -1.94. The topological polar surface area (TPSA) is 43.1 Å². The predicted molar refractivity (Wildman–Crippen MR) is 70.5 cm³/mol. The summed E-state index contributed by atoms with van der Waals surface area (Å²) in [6.45, 7) is 1.50. The summed E-state index contributed by atoms with van der Waals surface area (Å²) in [6.07, 6.45) is 0.540. The number of rotatable bonds is 2. The molecular weight excluding hydrogens is 261 g/mol. The number of benzene rings is 1. The van der Waals surface area contributed by atoms with Gasteiger partial charge in [-0.2, -0.15) is 0 Å². The zero-order valence-corrected chi connectivity index (χ0v) is 10.8. The van der Waals surface area contributed by atoms with Crippen LogP contribution in [0.5, 0.6) is 0 Å². The Labute approximate surface area is 109 Å². The van der Waals surface area contributed by atoms with Crippen LogP contribution in [0.1, 0.15) is 18.9 Å². The first-order valence-electron chi connectivity index (χ1n) is 4.87. The Hall–Kier alpha value is -1.18. The molecule has 0 unspecified atom stereocenters. The molecule has 1 aromatic carbocycles. The molecule has 0 radical (unpaired) electrons. The van der Waals surface area contributed by atoms with Gasteiger partial charge in [-0.25, -0.2) is 4.39 Å². The Kier molecular flexibility index (Phi) is 5.33. The Balaban J connectivity index is 2.68. The lowest BCUT2D eigenvalue weighted by molar-refractivity contribution is -0.109. The van der Waals surface area contributed by atoms with Gasteiger partial charge in [0.05, 0.1) is 11.3 Å². The van der Waals surface area contributed by atoms with Crippen LogP contribution in [0, 0.1) is 17.7 Å². The highest BCUT2D eigenvalue weighted by molar-refractivity contribution is 8.13. The highest BCUT2D eigenvalue weighted by Crippen LogP contribution is 2.21. The summed E-state index contributed by atoms with van der Waals surface area (Å²) in [5.74, 6) is 5.62. The highest BCUT2D eigenvalue weighted by atomic mass is 35.5. The summed E-state index contributed by atoms with van der Waals surface area (Å²) in [6, 6.07) is 2.67. The van der Waals surface area contributed by atoms with E-state index in [9.17, 15) is 9.18 Å². The third-order valence-electron chi connectivity index (χ3n) is 1.85. The van der Waals surface area contributed by atoms with Gasteiger partial charge in [-0.15, -0.1) is 0 Å². The number of hydrogen-bond acceptors (Lipinski definition) is 3. The van der Waals surface area contributed by atoms with E-state index in [1.807, 2.05) is 0 Å². The van der Waals surface area contributed by atoms with Gasteiger partial charge < -0.3 is 5.73 Å². The molecule has 0 saturated heterocycles. The first-order valence-corrected chi connectivity index (χ1v) is 6.24. The average Bonchev–Trinajstić information content (AvgIpc) is 2.23. The summed E-state index contributed by atoms with van der Waals surface area (Å²) in [4.78, 5) is 10.6. The summed E-state index contributed by atoms with van der Waals surface area (Å²) in [5.41, 5.74) is 5.90. The van der Waals surface area contributed by atoms with E-state index in [0.717, 1.165) is 6.07 Å². The summed E-state index contributed by atoms with van der Waals surface area (Å²) >= 11 is 6.90. The van der Waals surface area contributed by atoms with Crippen molar-refractivity contribution in [3.63, 3.8) is 0 Å². The molecule has 1 rings (SSSR count). The number of carbonyl (C=O) groups excluding carboxylic acids is 1. The summed E-state index contributed by atoms with van der Waals surface area (Å²) < 4.78 is 13.2. The van der Waals surface area contributed by atoms with Gasteiger partial charge >= 0.3 is 0 Å². The second kappa shape index (κ2) is 6.53. The maximum atomic E-state index is 13.2. The number of hydrogen-bond donors (Lipinski definition) is 1. The van der Waals surface area contributed by atoms with Crippen molar-refractivity contribution in [1.82, 2.24) is 0 Å². The minimum atomic E-state index is -0.570. The van der Waals surface area contributed by atoms with Crippen molar-refractivity contribution in [2.45, 2.75) is 13.3 Å². The lowest BCUT2D eigenvalue weighted by Gasteiger charge is -2.00. The van der Waals surface area contributed by atoms with Gasteiger partial charge in [0, 0.05) is 24.1 Å². The van der Waals surface area contributed by atoms with E-state index < -0.39 is 5.82 Å². The fourth-order valence-electron chi connectivity index (χ4n) is 1.09. The monoisotopic (exact) mass is 271 g/mol. The van der Waals surface area contributed by atoms with Crippen molar-refractivity contribution in [2.75, 3.05) is 11.5 Å². The maximum absolute atomic E-state index is 13.2. The van der Waals surface area contributed by atoms with Crippen molar-refractivity contribution < 1.29 is 9.18 Å². The van der Waals surface area contributed by atoms with Gasteiger partial charge in [0.2, 0.25) is 0 Å². The van der Waals surface area contributed by atoms with Crippen LogP contribution >= 0.6 is 23.4 Å². The molecule has 17 heavy (non-hydrogen) atoms. The van der Waals surface area contributed by atoms with E-state index in [2.05, 4.69) is 11.8 Å². The van der Waals surface area contributed by atoms with Crippen molar-refractivity contribution >= 4 is 34.2 Å². The minimum Gasteiger partial charge on any atom is -0.395 e. The molecule has 0 aliphatic heterocycles. The smallest absolute Gasteiger partial charge is 0.185 e. The molecule has 2 nitrogen and oxygen atoms in total.